The molecule has 0 saturated carbocycles. The van der Waals surface area contributed by atoms with Gasteiger partial charge in [-0.15, -0.1) is 0 Å². The van der Waals surface area contributed by atoms with Crippen molar-refractivity contribution in [2.45, 2.75) is 58.2 Å². The van der Waals surface area contributed by atoms with E-state index in [9.17, 15) is 4.79 Å². The first-order valence-corrected chi connectivity index (χ1v) is 8.58. The smallest absolute Gasteiger partial charge is 0.410 e. The normalized spacial score (nSPS) is 18.9. The van der Waals surface area contributed by atoms with Gasteiger partial charge < -0.3 is 9.47 Å². The second-order valence-corrected chi connectivity index (χ2v) is 7.77. The van der Waals surface area contributed by atoms with Crippen molar-refractivity contribution in [3.05, 3.63) is 33.8 Å². The number of hydrogen-bond acceptors (Lipinski definition) is 3. The van der Waals surface area contributed by atoms with E-state index < -0.39 is 5.60 Å². The molecule has 1 fully saturated rings. The minimum absolute atomic E-state index is 0.266. The monoisotopic (exact) mass is 337 g/mol. The number of nitrogens with zero attached hydrogens (tertiary/aromatic N) is 1. The summed E-state index contributed by atoms with van der Waals surface area (Å²) in [7, 11) is 0. The van der Waals surface area contributed by atoms with Gasteiger partial charge in [-0.2, -0.15) is 0 Å². The van der Waals surface area contributed by atoms with E-state index in [1.807, 2.05) is 26.8 Å². The van der Waals surface area contributed by atoms with Crippen molar-refractivity contribution >= 4 is 17.7 Å². The summed E-state index contributed by atoms with van der Waals surface area (Å²) < 4.78 is 10.9. The predicted octanol–water partition coefficient (Wildman–Crippen LogP) is 4.48. The Morgan fingerprint density at radius 2 is 1.83 bits per heavy atom. The van der Waals surface area contributed by atoms with Crippen LogP contribution in [0.3, 0.4) is 0 Å². The Bertz CT molecular complexity index is 603. The minimum atomic E-state index is -0.475. The minimum Gasteiger partial charge on any atom is -0.444 e. The van der Waals surface area contributed by atoms with Crippen LogP contribution < -0.4 is 0 Å². The second kappa shape index (κ2) is 6.33. The van der Waals surface area contributed by atoms with Gasteiger partial charge in [-0.05, 0) is 62.3 Å². The second-order valence-electron chi connectivity index (χ2n) is 7.37. The maximum atomic E-state index is 12.3. The molecule has 0 bridgehead atoms. The maximum Gasteiger partial charge on any atom is 0.410 e. The first kappa shape index (κ1) is 16.6. The average molecular weight is 338 g/mol. The molecule has 5 heteroatoms. The van der Waals surface area contributed by atoms with E-state index in [-0.39, 0.29) is 6.09 Å². The third kappa shape index (κ3) is 3.81. The van der Waals surface area contributed by atoms with Gasteiger partial charge in [0.1, 0.15) is 5.60 Å². The van der Waals surface area contributed by atoms with Crippen molar-refractivity contribution in [1.82, 2.24) is 4.90 Å². The molecular formula is C18H24ClNO3. The standard InChI is InChI=1S/C18H24ClNO3/c1-18(2,3)23-17(21)20-10-13-8-15(12-4-6-22-7-5-12)16(19)9-14(13)11-20/h8-9,12H,4-7,10-11H2,1-3H3. The SMILES string of the molecule is CC(C)(C)OC(=O)N1Cc2cc(Cl)c(C3CCOCC3)cc2C1. The van der Waals surface area contributed by atoms with Crippen LogP contribution in [-0.4, -0.2) is 29.8 Å². The van der Waals surface area contributed by atoms with Crippen LogP contribution in [0, 0.1) is 0 Å². The quantitative estimate of drug-likeness (QED) is 0.758. The Balaban J connectivity index is 1.76. The van der Waals surface area contributed by atoms with Gasteiger partial charge in [0.2, 0.25) is 0 Å². The lowest BCUT2D eigenvalue weighted by molar-refractivity contribution is 0.0242. The van der Waals surface area contributed by atoms with E-state index in [1.54, 1.807) is 4.90 Å². The Kier molecular flexibility index (Phi) is 4.56. The van der Waals surface area contributed by atoms with E-state index >= 15 is 0 Å². The number of hydrogen-bond donors (Lipinski definition) is 0. The lowest BCUT2D eigenvalue weighted by Crippen LogP contribution is -2.33. The van der Waals surface area contributed by atoms with Crippen LogP contribution in [0.2, 0.25) is 5.02 Å². The first-order chi connectivity index (χ1) is 10.8. The summed E-state index contributed by atoms with van der Waals surface area (Å²) >= 11 is 6.50. The zero-order valence-corrected chi connectivity index (χ0v) is 14.8. The Labute approximate surface area is 142 Å². The highest BCUT2D eigenvalue weighted by atomic mass is 35.5. The molecule has 0 radical (unpaired) electrons. The Hall–Kier alpha value is -1.26. The molecule has 1 amide bonds. The van der Waals surface area contributed by atoms with Crippen LogP contribution in [0.25, 0.3) is 0 Å². The molecule has 0 spiro atoms. The van der Waals surface area contributed by atoms with E-state index in [0.29, 0.717) is 19.0 Å². The number of ether oxygens (including phenoxy) is 2. The molecule has 1 saturated heterocycles. The molecule has 23 heavy (non-hydrogen) atoms. The summed E-state index contributed by atoms with van der Waals surface area (Å²) in [4.78, 5) is 14.0. The van der Waals surface area contributed by atoms with Crippen LogP contribution in [0.15, 0.2) is 12.1 Å². The molecule has 0 atom stereocenters. The van der Waals surface area contributed by atoms with Crippen LogP contribution in [0.4, 0.5) is 4.79 Å². The van der Waals surface area contributed by atoms with Gasteiger partial charge in [-0.25, -0.2) is 4.79 Å². The highest BCUT2D eigenvalue weighted by Gasteiger charge is 2.29. The maximum absolute atomic E-state index is 12.3. The number of benzene rings is 1. The molecule has 2 aliphatic rings. The van der Waals surface area contributed by atoms with Crippen molar-refractivity contribution in [3.63, 3.8) is 0 Å². The van der Waals surface area contributed by atoms with Gasteiger partial charge >= 0.3 is 6.09 Å². The van der Waals surface area contributed by atoms with Crippen molar-refractivity contribution in [1.29, 1.82) is 0 Å². The number of carbonyl (C=O) groups is 1. The fourth-order valence-electron chi connectivity index (χ4n) is 3.22. The molecular weight excluding hydrogens is 314 g/mol. The highest BCUT2D eigenvalue weighted by molar-refractivity contribution is 6.31. The van der Waals surface area contributed by atoms with Gasteiger partial charge in [-0.3, -0.25) is 4.90 Å². The van der Waals surface area contributed by atoms with Crippen molar-refractivity contribution in [2.24, 2.45) is 0 Å². The van der Waals surface area contributed by atoms with Crippen molar-refractivity contribution in [3.8, 4) is 0 Å². The lowest BCUT2D eigenvalue weighted by Gasteiger charge is -2.24. The molecule has 0 unspecified atom stereocenters. The van der Waals surface area contributed by atoms with Crippen LogP contribution in [0.1, 0.15) is 56.2 Å². The average Bonchev–Trinajstić information content (AvgIpc) is 2.88. The van der Waals surface area contributed by atoms with Gasteiger partial charge in [0.05, 0.1) is 0 Å². The summed E-state index contributed by atoms with van der Waals surface area (Å²) in [6, 6.07) is 4.20. The van der Waals surface area contributed by atoms with Gasteiger partial charge in [0.25, 0.3) is 0 Å². The summed E-state index contributed by atoms with van der Waals surface area (Å²) in [5.41, 5.74) is 3.02. The molecule has 0 aromatic heterocycles. The molecule has 126 valence electrons. The highest BCUT2D eigenvalue weighted by Crippen LogP contribution is 2.36. The third-order valence-corrected chi connectivity index (χ3v) is 4.68. The molecule has 3 rings (SSSR count). The summed E-state index contributed by atoms with van der Waals surface area (Å²) in [5.74, 6) is 0.456. The summed E-state index contributed by atoms with van der Waals surface area (Å²) in [5, 5.41) is 0.807. The number of fused-ring (bicyclic) bond motifs is 1. The number of rotatable bonds is 1. The zero-order valence-electron chi connectivity index (χ0n) is 14.0. The van der Waals surface area contributed by atoms with Crippen LogP contribution in [-0.2, 0) is 22.6 Å². The zero-order chi connectivity index (χ0) is 16.6. The fraction of sp³-hybridized carbons (Fsp3) is 0.611. The van der Waals surface area contributed by atoms with E-state index in [4.69, 9.17) is 21.1 Å². The van der Waals surface area contributed by atoms with E-state index in [2.05, 4.69) is 6.07 Å². The largest absolute Gasteiger partial charge is 0.444 e. The first-order valence-electron chi connectivity index (χ1n) is 8.20. The molecule has 4 nitrogen and oxygen atoms in total. The van der Waals surface area contributed by atoms with Crippen molar-refractivity contribution < 1.29 is 14.3 Å². The summed E-state index contributed by atoms with van der Waals surface area (Å²) in [6.45, 7) is 8.40. The summed E-state index contributed by atoms with van der Waals surface area (Å²) in [6.07, 6.45) is 1.75. The molecule has 0 aliphatic carbocycles. The van der Waals surface area contributed by atoms with Crippen LogP contribution in [0.5, 0.6) is 0 Å². The van der Waals surface area contributed by atoms with E-state index in [0.717, 1.165) is 36.6 Å². The van der Waals surface area contributed by atoms with Gasteiger partial charge in [-0.1, -0.05) is 17.7 Å². The Morgan fingerprint density at radius 3 is 2.43 bits per heavy atom. The van der Waals surface area contributed by atoms with Gasteiger partial charge in [0.15, 0.2) is 0 Å². The molecule has 0 N–H and O–H groups in total. The third-order valence-electron chi connectivity index (χ3n) is 4.35. The predicted molar refractivity (Wildman–Crippen MR) is 89.7 cm³/mol. The molecule has 1 aromatic carbocycles. The molecule has 1 aromatic rings. The molecule has 2 heterocycles. The number of amides is 1. The van der Waals surface area contributed by atoms with Crippen LogP contribution >= 0.6 is 11.6 Å². The number of halogens is 1. The molecule has 2 aliphatic heterocycles. The Morgan fingerprint density at radius 1 is 1.22 bits per heavy atom. The fourth-order valence-corrected chi connectivity index (χ4v) is 3.56. The van der Waals surface area contributed by atoms with E-state index in [1.165, 1.54) is 11.1 Å². The van der Waals surface area contributed by atoms with Gasteiger partial charge in [0, 0.05) is 31.3 Å². The number of carbonyl (C=O) groups excluding carboxylic acids is 1. The topological polar surface area (TPSA) is 38.8 Å². The van der Waals surface area contributed by atoms with Crippen molar-refractivity contribution in [2.75, 3.05) is 13.2 Å². The lowest BCUT2D eigenvalue weighted by atomic mass is 9.90.